The number of para-hydroxylation sites is 2. The molecule has 8 nitrogen and oxygen atoms in total. The number of hydrogen-bond acceptors (Lipinski definition) is 5. The van der Waals surface area contributed by atoms with Gasteiger partial charge in [0.2, 0.25) is 5.91 Å². The number of benzene rings is 2. The minimum Gasteiger partial charge on any atom is -0.341 e. The van der Waals surface area contributed by atoms with Gasteiger partial charge in [-0.25, -0.2) is 0 Å². The number of nitro benzene ring substituents is 1. The van der Waals surface area contributed by atoms with Gasteiger partial charge >= 0.3 is 0 Å². The van der Waals surface area contributed by atoms with E-state index in [9.17, 15) is 19.7 Å². The molecule has 0 spiro atoms. The van der Waals surface area contributed by atoms with Gasteiger partial charge in [-0.2, -0.15) is 0 Å². The van der Waals surface area contributed by atoms with Crippen molar-refractivity contribution in [3.05, 3.63) is 79.3 Å². The lowest BCUT2D eigenvalue weighted by Crippen LogP contribution is -2.26. The molecule has 31 heavy (non-hydrogen) atoms. The summed E-state index contributed by atoms with van der Waals surface area (Å²) in [5, 5.41) is 11.7. The monoisotopic (exact) mass is 440 g/mol. The van der Waals surface area contributed by atoms with Gasteiger partial charge in [-0.3, -0.25) is 24.3 Å². The molecule has 3 rings (SSSR count). The van der Waals surface area contributed by atoms with Crippen molar-refractivity contribution in [2.75, 3.05) is 7.05 Å². The van der Waals surface area contributed by atoms with Crippen LogP contribution in [0, 0.1) is 14.9 Å². The highest BCUT2D eigenvalue weighted by atomic mass is 32.1. The summed E-state index contributed by atoms with van der Waals surface area (Å²) < 4.78 is 1.95. The summed E-state index contributed by atoms with van der Waals surface area (Å²) in [6.45, 7) is 0.677. The summed E-state index contributed by atoms with van der Waals surface area (Å²) in [5.74, 6) is -0.0710. The molecule has 0 fully saturated rings. The normalized spacial score (nSPS) is 10.9. The third kappa shape index (κ3) is 5.43. The van der Waals surface area contributed by atoms with Crippen LogP contribution in [-0.4, -0.2) is 32.3 Å². The van der Waals surface area contributed by atoms with E-state index < -0.39 is 4.92 Å². The first kappa shape index (κ1) is 22.4. The second-order valence-corrected chi connectivity index (χ2v) is 7.77. The molecule has 1 heterocycles. The number of H-pyrrole nitrogens is 1. The van der Waals surface area contributed by atoms with Gasteiger partial charge in [-0.05, 0) is 37.2 Å². The number of carbonyl (C=O) groups is 1. The van der Waals surface area contributed by atoms with E-state index in [1.165, 1.54) is 11.0 Å². The van der Waals surface area contributed by atoms with Crippen molar-refractivity contribution in [3.8, 4) is 0 Å². The highest BCUT2D eigenvalue weighted by molar-refractivity contribution is 7.71. The van der Waals surface area contributed by atoms with Crippen molar-refractivity contribution in [2.45, 2.75) is 38.8 Å². The Morgan fingerprint density at radius 1 is 1.13 bits per heavy atom. The molecule has 1 aromatic heterocycles. The van der Waals surface area contributed by atoms with Gasteiger partial charge in [-0.15, -0.1) is 0 Å². The maximum Gasteiger partial charge on any atom is 0.274 e. The van der Waals surface area contributed by atoms with Crippen molar-refractivity contribution in [2.24, 2.45) is 0 Å². The molecular weight excluding hydrogens is 416 g/mol. The van der Waals surface area contributed by atoms with Crippen LogP contribution < -0.4 is 5.56 Å². The van der Waals surface area contributed by atoms with Crippen LogP contribution in [0.4, 0.5) is 5.69 Å². The van der Waals surface area contributed by atoms with Crippen molar-refractivity contribution < 1.29 is 9.72 Å². The third-order valence-electron chi connectivity index (χ3n) is 5.18. The fraction of sp³-hybridized carbons (Fsp3) is 0.318. The van der Waals surface area contributed by atoms with Crippen molar-refractivity contribution in [1.82, 2.24) is 14.5 Å². The van der Waals surface area contributed by atoms with E-state index in [-0.39, 0.29) is 23.7 Å². The zero-order valence-corrected chi connectivity index (χ0v) is 18.1. The SMILES string of the molecule is CN(Cc1ccccc1[N+](=O)[O-])C(=O)CCCCCn1c(=S)[nH]c2ccccc2c1=O. The van der Waals surface area contributed by atoms with Crippen molar-refractivity contribution in [3.63, 3.8) is 0 Å². The Balaban J connectivity index is 1.50. The second kappa shape index (κ2) is 10.1. The summed E-state index contributed by atoms with van der Waals surface area (Å²) in [7, 11) is 1.65. The van der Waals surface area contributed by atoms with E-state index in [0.717, 1.165) is 18.4 Å². The number of fused-ring (bicyclic) bond motifs is 1. The molecule has 2 aromatic carbocycles. The Hall–Kier alpha value is -3.33. The maximum absolute atomic E-state index is 12.6. The highest BCUT2D eigenvalue weighted by Gasteiger charge is 2.16. The molecule has 3 aromatic rings. The number of amides is 1. The van der Waals surface area contributed by atoms with Crippen molar-refractivity contribution >= 4 is 34.7 Å². The van der Waals surface area contributed by atoms with Gasteiger partial charge in [-0.1, -0.05) is 36.8 Å². The number of aromatic amines is 1. The molecular formula is C22H24N4O4S. The topological polar surface area (TPSA) is 101 Å². The standard InChI is InChI=1S/C22H24N4O4S/c1-24(15-16-9-4-7-12-19(16)26(29)30)20(27)13-3-2-8-14-25-21(28)17-10-5-6-11-18(17)23-22(25)31/h4-7,9-12H,2-3,8,13-15H2,1H3,(H,23,31). The number of nitrogens with zero attached hydrogens (tertiary/aromatic N) is 3. The van der Waals surface area contributed by atoms with E-state index in [2.05, 4.69) is 4.98 Å². The van der Waals surface area contributed by atoms with Crippen molar-refractivity contribution in [1.29, 1.82) is 0 Å². The largest absolute Gasteiger partial charge is 0.341 e. The maximum atomic E-state index is 12.6. The van der Waals surface area contributed by atoms with Crippen LogP contribution in [0.3, 0.4) is 0 Å². The highest BCUT2D eigenvalue weighted by Crippen LogP contribution is 2.19. The molecule has 1 N–H and O–H groups in total. The molecule has 9 heteroatoms. The van der Waals surface area contributed by atoms with Gasteiger partial charge in [0.1, 0.15) is 0 Å². The van der Waals surface area contributed by atoms with Crippen LogP contribution in [0.2, 0.25) is 0 Å². The Kier molecular flexibility index (Phi) is 7.30. The van der Waals surface area contributed by atoms with Crippen LogP contribution in [0.15, 0.2) is 53.3 Å². The Bertz CT molecular complexity index is 1220. The third-order valence-corrected chi connectivity index (χ3v) is 5.51. The summed E-state index contributed by atoms with van der Waals surface area (Å²) >= 11 is 5.31. The molecule has 0 unspecified atom stereocenters. The van der Waals surface area contributed by atoms with Gasteiger partial charge < -0.3 is 9.88 Å². The van der Waals surface area contributed by atoms with E-state index in [1.807, 2.05) is 18.2 Å². The number of nitro groups is 1. The minimum absolute atomic E-state index is 0.0134. The zero-order valence-electron chi connectivity index (χ0n) is 17.2. The fourth-order valence-corrected chi connectivity index (χ4v) is 3.77. The predicted octanol–water partition coefficient (Wildman–Crippen LogP) is 4.19. The molecule has 0 saturated carbocycles. The van der Waals surface area contributed by atoms with Crippen LogP contribution >= 0.6 is 12.2 Å². The lowest BCUT2D eigenvalue weighted by atomic mass is 10.1. The molecule has 1 amide bonds. The lowest BCUT2D eigenvalue weighted by Gasteiger charge is -2.17. The van der Waals surface area contributed by atoms with E-state index >= 15 is 0 Å². The minimum atomic E-state index is -0.437. The van der Waals surface area contributed by atoms with Gasteiger partial charge in [0.25, 0.3) is 11.2 Å². The summed E-state index contributed by atoms with van der Waals surface area (Å²) in [6, 6.07) is 13.7. The molecule has 162 valence electrons. The van der Waals surface area contributed by atoms with E-state index in [1.54, 1.807) is 35.9 Å². The Morgan fingerprint density at radius 2 is 1.84 bits per heavy atom. The average Bonchev–Trinajstić information content (AvgIpc) is 2.75. The molecule has 0 saturated heterocycles. The van der Waals surface area contributed by atoms with Crippen LogP contribution in [-0.2, 0) is 17.9 Å². The number of nitrogens with one attached hydrogen (secondary N) is 1. The number of rotatable bonds is 9. The van der Waals surface area contributed by atoms with Gasteiger partial charge in [0.05, 0.1) is 22.4 Å². The molecule has 0 aliphatic carbocycles. The first-order chi connectivity index (χ1) is 14.9. The molecule has 0 radical (unpaired) electrons. The first-order valence-electron chi connectivity index (χ1n) is 10.1. The van der Waals surface area contributed by atoms with E-state index in [4.69, 9.17) is 12.2 Å². The van der Waals surface area contributed by atoms with Crippen LogP contribution in [0.5, 0.6) is 0 Å². The average molecular weight is 441 g/mol. The number of aromatic nitrogens is 2. The molecule has 0 bridgehead atoms. The lowest BCUT2D eigenvalue weighted by molar-refractivity contribution is -0.385. The fourth-order valence-electron chi connectivity index (χ4n) is 3.48. The summed E-state index contributed by atoms with van der Waals surface area (Å²) in [5.41, 5.74) is 1.13. The van der Waals surface area contributed by atoms with Gasteiger partial charge in [0.15, 0.2) is 4.77 Å². The molecule has 0 atom stereocenters. The zero-order chi connectivity index (χ0) is 22.4. The Morgan fingerprint density at radius 3 is 2.61 bits per heavy atom. The smallest absolute Gasteiger partial charge is 0.274 e. The molecule has 0 aliphatic rings. The summed E-state index contributed by atoms with van der Waals surface area (Å²) in [4.78, 5) is 40.3. The Labute approximate surface area is 184 Å². The second-order valence-electron chi connectivity index (χ2n) is 7.38. The number of unbranched alkanes of at least 4 members (excludes halogenated alkanes) is 2. The summed E-state index contributed by atoms with van der Waals surface area (Å²) in [6.07, 6.45) is 2.49. The molecule has 0 aliphatic heterocycles. The van der Waals surface area contributed by atoms with Crippen LogP contribution in [0.1, 0.15) is 31.2 Å². The number of hydrogen-bond donors (Lipinski definition) is 1. The van der Waals surface area contributed by atoms with Gasteiger partial charge in [0, 0.05) is 31.6 Å². The van der Waals surface area contributed by atoms with E-state index in [0.29, 0.717) is 35.1 Å². The predicted molar refractivity (Wildman–Crippen MR) is 121 cm³/mol. The van der Waals surface area contributed by atoms with Crippen LogP contribution in [0.25, 0.3) is 10.9 Å². The quantitative estimate of drug-likeness (QED) is 0.233. The first-order valence-corrected chi connectivity index (χ1v) is 10.5. The number of carbonyl (C=O) groups excluding carboxylic acids is 1.